The lowest BCUT2D eigenvalue weighted by Gasteiger charge is -2.16. The Morgan fingerprint density at radius 1 is 1.36 bits per heavy atom. The number of rotatable bonds is 4. The van der Waals surface area contributed by atoms with Crippen molar-refractivity contribution in [2.75, 3.05) is 21.1 Å². The van der Waals surface area contributed by atoms with Crippen LogP contribution in [0.25, 0.3) is 0 Å². The van der Waals surface area contributed by atoms with Crippen LogP contribution in [0.5, 0.6) is 0 Å². The van der Waals surface area contributed by atoms with Crippen LogP contribution >= 0.6 is 0 Å². The van der Waals surface area contributed by atoms with Gasteiger partial charge in [0, 0.05) is 12.5 Å². The van der Waals surface area contributed by atoms with E-state index in [2.05, 4.69) is 0 Å². The molecule has 0 N–H and O–H groups in total. The van der Waals surface area contributed by atoms with Crippen molar-refractivity contribution >= 4 is 5.78 Å². The Bertz CT molecular complexity index is 153. The van der Waals surface area contributed by atoms with E-state index in [1.807, 2.05) is 34.3 Å². The molecule has 2 heteroatoms. The molecule has 0 saturated carbocycles. The lowest BCUT2D eigenvalue weighted by atomic mass is 10.2. The molecule has 64 valence electrons. The Morgan fingerprint density at radius 2 is 1.91 bits per heavy atom. The summed E-state index contributed by atoms with van der Waals surface area (Å²) in [6, 6.07) is 0. The molecule has 0 bridgehead atoms. The fourth-order valence-electron chi connectivity index (χ4n) is 0.636. The number of allylic oxidation sites excluding steroid dienone is 1. The predicted octanol–water partition coefficient (Wildman–Crippen LogP) is 1.58. The minimum Gasteiger partial charge on any atom is -0.304 e. The van der Waals surface area contributed by atoms with Gasteiger partial charge in [-0.1, -0.05) is 6.92 Å². The Balaban J connectivity index is 3.83. The van der Waals surface area contributed by atoms with Crippen molar-refractivity contribution in [1.29, 1.82) is 0 Å². The van der Waals surface area contributed by atoms with E-state index in [0.717, 1.165) is 6.42 Å². The van der Waals surface area contributed by atoms with E-state index in [0.29, 0.717) is 10.9 Å². The van der Waals surface area contributed by atoms with Crippen LogP contribution in [-0.4, -0.2) is 31.4 Å². The first-order valence-electron chi connectivity index (χ1n) is 3.99. The maximum absolute atomic E-state index is 11.0. The van der Waals surface area contributed by atoms with Crippen molar-refractivity contribution in [3.63, 3.8) is 0 Å². The van der Waals surface area contributed by atoms with Crippen molar-refractivity contribution < 1.29 is 9.28 Å². The highest BCUT2D eigenvalue weighted by Gasteiger charge is 2.01. The second-order valence-corrected chi connectivity index (χ2v) is 3.65. The van der Waals surface area contributed by atoms with Crippen LogP contribution in [0.2, 0.25) is 0 Å². The van der Waals surface area contributed by atoms with Crippen LogP contribution in [-0.2, 0) is 4.79 Å². The minimum atomic E-state index is 0.223. The molecule has 0 rings (SSSR count). The number of carbonyl (C=O) groups is 1. The number of ketones is 1. The normalized spacial score (nSPS) is 12.4. The summed E-state index contributed by atoms with van der Waals surface area (Å²) in [6.45, 7) is 2.01. The zero-order chi connectivity index (χ0) is 8.91. The summed E-state index contributed by atoms with van der Waals surface area (Å²) in [5.74, 6) is 0.223. The summed E-state index contributed by atoms with van der Waals surface area (Å²) in [7, 11) is 6.07. The second kappa shape index (κ2) is 4.29. The molecule has 0 heterocycles. The number of quaternary nitrogens is 1. The highest BCUT2D eigenvalue weighted by molar-refractivity contribution is 5.89. The van der Waals surface area contributed by atoms with Crippen LogP contribution in [0.1, 0.15) is 19.8 Å². The first-order valence-corrected chi connectivity index (χ1v) is 3.99. The Hall–Kier alpha value is -0.630. The zero-order valence-electron chi connectivity index (χ0n) is 7.92. The third kappa shape index (κ3) is 7.26. The molecule has 0 fully saturated rings. The molecule has 0 spiro atoms. The highest BCUT2D eigenvalue weighted by Crippen LogP contribution is 1.95. The molecule has 0 aliphatic carbocycles. The Kier molecular flexibility index (Phi) is 4.04. The van der Waals surface area contributed by atoms with Crippen LogP contribution in [0.15, 0.2) is 12.3 Å². The zero-order valence-corrected chi connectivity index (χ0v) is 7.92. The average molecular weight is 156 g/mol. The number of carbonyl (C=O) groups excluding carboxylic acids is 1. The molecule has 0 amide bonds. The molecule has 0 aliphatic heterocycles. The first kappa shape index (κ1) is 10.4. The van der Waals surface area contributed by atoms with Gasteiger partial charge >= 0.3 is 0 Å². The number of nitrogens with zero attached hydrogens (tertiary/aromatic N) is 1. The topological polar surface area (TPSA) is 17.1 Å². The van der Waals surface area contributed by atoms with Gasteiger partial charge in [-0.05, 0) is 6.42 Å². The van der Waals surface area contributed by atoms with E-state index in [9.17, 15) is 4.79 Å². The molecule has 0 atom stereocenters. The quantitative estimate of drug-likeness (QED) is 0.446. The van der Waals surface area contributed by atoms with E-state index in [4.69, 9.17) is 0 Å². The summed E-state index contributed by atoms with van der Waals surface area (Å²) < 4.78 is 0.704. The fourth-order valence-corrected chi connectivity index (χ4v) is 0.636. The van der Waals surface area contributed by atoms with Crippen molar-refractivity contribution in [3.8, 4) is 0 Å². The smallest absolute Gasteiger partial charge is 0.160 e. The lowest BCUT2D eigenvalue weighted by Crippen LogP contribution is -2.27. The molecule has 0 aromatic carbocycles. The van der Waals surface area contributed by atoms with Crippen molar-refractivity contribution in [3.05, 3.63) is 12.3 Å². The van der Waals surface area contributed by atoms with Crippen molar-refractivity contribution in [1.82, 2.24) is 0 Å². The van der Waals surface area contributed by atoms with E-state index in [1.54, 1.807) is 6.08 Å². The molecule has 0 aromatic rings. The van der Waals surface area contributed by atoms with Gasteiger partial charge in [-0.25, -0.2) is 0 Å². The number of hydrogen-bond donors (Lipinski definition) is 0. The monoisotopic (exact) mass is 156 g/mol. The van der Waals surface area contributed by atoms with Gasteiger partial charge in [0.1, 0.15) is 0 Å². The lowest BCUT2D eigenvalue weighted by molar-refractivity contribution is -0.817. The van der Waals surface area contributed by atoms with Crippen LogP contribution in [0.3, 0.4) is 0 Å². The van der Waals surface area contributed by atoms with Gasteiger partial charge in [0.25, 0.3) is 0 Å². The maximum atomic E-state index is 11.0. The molecular weight excluding hydrogens is 138 g/mol. The van der Waals surface area contributed by atoms with E-state index >= 15 is 0 Å². The van der Waals surface area contributed by atoms with E-state index < -0.39 is 0 Å². The molecule has 0 radical (unpaired) electrons. The largest absolute Gasteiger partial charge is 0.304 e. The highest BCUT2D eigenvalue weighted by atomic mass is 16.1. The average Bonchev–Trinajstić information content (AvgIpc) is 1.83. The van der Waals surface area contributed by atoms with Gasteiger partial charge in [-0.2, -0.15) is 0 Å². The van der Waals surface area contributed by atoms with Gasteiger partial charge in [0.15, 0.2) is 5.78 Å². The standard InChI is InChI=1S/C9H18NO/c1-5-6-9(11)7-8-10(2,3)4/h7-8H,5-6H2,1-4H3/q+1/b8-7+. The second-order valence-electron chi connectivity index (χ2n) is 3.65. The van der Waals surface area contributed by atoms with Crippen LogP contribution in [0.4, 0.5) is 0 Å². The van der Waals surface area contributed by atoms with E-state index in [1.165, 1.54) is 0 Å². The minimum absolute atomic E-state index is 0.223. The molecule has 0 aromatic heterocycles. The van der Waals surface area contributed by atoms with Crippen molar-refractivity contribution in [2.45, 2.75) is 19.8 Å². The van der Waals surface area contributed by atoms with Gasteiger partial charge in [-0.15, -0.1) is 0 Å². The predicted molar refractivity (Wildman–Crippen MR) is 47.1 cm³/mol. The SMILES string of the molecule is CCCC(=O)/C=C/[N+](C)(C)C. The van der Waals surface area contributed by atoms with Gasteiger partial charge < -0.3 is 4.48 Å². The van der Waals surface area contributed by atoms with Gasteiger partial charge in [0.2, 0.25) is 0 Å². The molecule has 11 heavy (non-hydrogen) atoms. The van der Waals surface area contributed by atoms with Gasteiger partial charge in [-0.3, -0.25) is 4.79 Å². The number of hydrogen-bond acceptors (Lipinski definition) is 1. The van der Waals surface area contributed by atoms with Crippen LogP contribution in [0, 0.1) is 0 Å². The maximum Gasteiger partial charge on any atom is 0.160 e. The fraction of sp³-hybridized carbons (Fsp3) is 0.667. The molecular formula is C9H18NO+. The summed E-state index contributed by atoms with van der Waals surface area (Å²) >= 11 is 0. The summed E-state index contributed by atoms with van der Waals surface area (Å²) in [6.07, 6.45) is 5.16. The Labute approximate surface area is 69.1 Å². The molecule has 2 nitrogen and oxygen atoms in total. The summed E-state index contributed by atoms with van der Waals surface area (Å²) in [5.41, 5.74) is 0. The Morgan fingerprint density at radius 3 is 2.27 bits per heavy atom. The molecule has 0 aliphatic rings. The first-order chi connectivity index (χ1) is 4.95. The molecule has 0 saturated heterocycles. The van der Waals surface area contributed by atoms with E-state index in [-0.39, 0.29) is 5.78 Å². The van der Waals surface area contributed by atoms with Crippen molar-refractivity contribution in [2.24, 2.45) is 0 Å². The van der Waals surface area contributed by atoms with Gasteiger partial charge in [0.05, 0.1) is 27.3 Å². The third-order valence-corrected chi connectivity index (χ3v) is 1.20. The third-order valence-electron chi connectivity index (χ3n) is 1.20. The molecule has 0 unspecified atom stereocenters. The van der Waals surface area contributed by atoms with Crippen LogP contribution < -0.4 is 0 Å². The summed E-state index contributed by atoms with van der Waals surface area (Å²) in [5, 5.41) is 0. The summed E-state index contributed by atoms with van der Waals surface area (Å²) in [4.78, 5) is 11.0.